The van der Waals surface area contributed by atoms with Crippen LogP contribution in [-0.2, 0) is 32.6 Å². The van der Waals surface area contributed by atoms with Crippen LogP contribution in [0.1, 0.15) is 17.5 Å². The zero-order valence-electron chi connectivity index (χ0n) is 17.6. The minimum Gasteiger partial charge on any atom is -0.361 e. The van der Waals surface area contributed by atoms with Crippen molar-refractivity contribution in [3.05, 3.63) is 65.9 Å². The lowest BCUT2D eigenvalue weighted by molar-refractivity contribution is -0.130. The summed E-state index contributed by atoms with van der Waals surface area (Å²) in [5.41, 5.74) is 2.65. The average Bonchev–Trinajstić information content (AvgIpc) is 3.31. The Morgan fingerprint density at radius 1 is 1.09 bits per heavy atom. The smallest absolute Gasteiger partial charge is 0.324 e. The first-order valence-corrected chi connectivity index (χ1v) is 11.8. The second-order valence-corrected chi connectivity index (χ2v) is 9.33. The van der Waals surface area contributed by atoms with E-state index in [9.17, 15) is 22.8 Å². The van der Waals surface area contributed by atoms with Crippen LogP contribution in [0.3, 0.4) is 0 Å². The molecular weight excluding hydrogens is 446 g/mol. The molecule has 1 saturated heterocycles. The van der Waals surface area contributed by atoms with Gasteiger partial charge in [0.25, 0.3) is 5.91 Å². The van der Waals surface area contributed by atoms with Crippen molar-refractivity contribution in [2.24, 2.45) is 5.14 Å². The van der Waals surface area contributed by atoms with Gasteiger partial charge in [-0.3, -0.25) is 14.5 Å². The van der Waals surface area contributed by atoms with E-state index in [1.807, 2.05) is 30.5 Å². The van der Waals surface area contributed by atoms with Crippen LogP contribution in [0.5, 0.6) is 0 Å². The van der Waals surface area contributed by atoms with Gasteiger partial charge in [0.15, 0.2) is 0 Å². The number of sulfonamides is 1. The van der Waals surface area contributed by atoms with Crippen molar-refractivity contribution >= 4 is 38.8 Å². The highest BCUT2D eigenvalue weighted by atomic mass is 32.2. The number of carbonyl (C=O) groups is 3. The van der Waals surface area contributed by atoms with Gasteiger partial charge in [-0.1, -0.05) is 30.3 Å². The van der Waals surface area contributed by atoms with Crippen molar-refractivity contribution in [2.75, 3.05) is 6.54 Å². The molecule has 4 rings (SSSR count). The van der Waals surface area contributed by atoms with Gasteiger partial charge in [-0.25, -0.2) is 18.4 Å². The van der Waals surface area contributed by atoms with Gasteiger partial charge in [0.05, 0.1) is 11.3 Å². The molecule has 10 nitrogen and oxygen atoms in total. The molecule has 11 heteroatoms. The summed E-state index contributed by atoms with van der Waals surface area (Å²) in [6.07, 6.45) is 2.17. The van der Waals surface area contributed by atoms with E-state index >= 15 is 0 Å². The third kappa shape index (κ3) is 5.04. The van der Waals surface area contributed by atoms with Gasteiger partial charge >= 0.3 is 6.03 Å². The van der Waals surface area contributed by atoms with E-state index in [1.54, 1.807) is 0 Å². The van der Waals surface area contributed by atoms with Crippen LogP contribution in [0.15, 0.2) is 59.6 Å². The minimum absolute atomic E-state index is 0.0235. The average molecular weight is 470 g/mol. The fraction of sp³-hybridized carbons (Fsp3) is 0.227. The molecule has 33 heavy (non-hydrogen) atoms. The maximum Gasteiger partial charge on any atom is 0.324 e. The molecule has 0 bridgehead atoms. The first-order valence-electron chi connectivity index (χ1n) is 10.3. The number of H-pyrrole nitrogens is 1. The number of hydrogen-bond donors (Lipinski definition) is 4. The molecule has 0 saturated carbocycles. The summed E-state index contributed by atoms with van der Waals surface area (Å²) in [6.45, 7) is 0.351. The molecule has 172 valence electrons. The Labute approximate surface area is 190 Å². The summed E-state index contributed by atoms with van der Waals surface area (Å²) >= 11 is 0. The van der Waals surface area contributed by atoms with Crippen molar-refractivity contribution in [1.82, 2.24) is 20.5 Å². The predicted molar refractivity (Wildman–Crippen MR) is 120 cm³/mol. The Morgan fingerprint density at radius 3 is 2.55 bits per heavy atom. The maximum atomic E-state index is 12.7. The number of aromatic amines is 1. The summed E-state index contributed by atoms with van der Waals surface area (Å²) in [7, 11) is -3.78. The van der Waals surface area contributed by atoms with Crippen LogP contribution in [0.25, 0.3) is 10.9 Å². The quantitative estimate of drug-likeness (QED) is 0.362. The Morgan fingerprint density at radius 2 is 1.82 bits per heavy atom. The van der Waals surface area contributed by atoms with Crippen LogP contribution >= 0.6 is 0 Å². The molecule has 4 amide bonds. The largest absolute Gasteiger partial charge is 0.361 e. The van der Waals surface area contributed by atoms with Gasteiger partial charge < -0.3 is 15.6 Å². The summed E-state index contributed by atoms with van der Waals surface area (Å²) in [5, 5.41) is 11.3. The third-order valence-corrected chi connectivity index (χ3v) is 6.45. The van der Waals surface area contributed by atoms with Crippen LogP contribution < -0.4 is 15.8 Å². The second kappa shape index (κ2) is 9.04. The number of aromatic nitrogens is 1. The highest BCUT2D eigenvalue weighted by Gasteiger charge is 2.38. The monoisotopic (exact) mass is 469 g/mol. The summed E-state index contributed by atoms with van der Waals surface area (Å²) in [4.78, 5) is 41.5. The van der Waals surface area contributed by atoms with Crippen molar-refractivity contribution in [3.63, 3.8) is 0 Å². The number of para-hydroxylation sites is 1. The SMILES string of the molecule is NS(=O)(=O)c1ccc(CNC(=O)C[C@H]2NC(=O)N(CCc3c[nH]c4ccccc34)C2=O)cc1. The molecule has 1 fully saturated rings. The fourth-order valence-corrected chi connectivity index (χ4v) is 4.27. The Kier molecular flexibility index (Phi) is 6.16. The molecular formula is C22H23N5O5S. The van der Waals surface area contributed by atoms with Crippen molar-refractivity contribution in [2.45, 2.75) is 30.3 Å². The van der Waals surface area contributed by atoms with Crippen molar-refractivity contribution < 1.29 is 22.8 Å². The maximum absolute atomic E-state index is 12.7. The number of hydrogen-bond acceptors (Lipinski definition) is 5. The number of carbonyl (C=O) groups excluding carboxylic acids is 3. The molecule has 2 aromatic carbocycles. The number of nitrogens with zero attached hydrogens (tertiary/aromatic N) is 1. The molecule has 2 heterocycles. The number of nitrogens with two attached hydrogens (primary N) is 1. The normalized spacial score (nSPS) is 16.3. The minimum atomic E-state index is -3.78. The van der Waals surface area contributed by atoms with Gasteiger partial charge in [0.2, 0.25) is 15.9 Å². The summed E-state index contributed by atoms with van der Waals surface area (Å²) in [6, 6.07) is 12.1. The number of benzene rings is 2. The standard InChI is InChI=1S/C22H23N5O5S/c23-33(31,32)16-7-5-14(6-8-16)12-25-20(28)11-19-21(29)27(22(30)26-19)10-9-15-13-24-18-4-2-1-3-17(15)18/h1-8,13,19,24H,9-12H2,(H,25,28)(H,26,30)(H2,23,31,32)/t19-/m1/s1. The molecule has 1 atom stereocenters. The number of fused-ring (bicyclic) bond motifs is 1. The molecule has 0 radical (unpaired) electrons. The van der Waals surface area contributed by atoms with Gasteiger partial charge in [-0.15, -0.1) is 0 Å². The first kappa shape index (κ1) is 22.5. The van der Waals surface area contributed by atoms with Crippen LogP contribution in [0.2, 0.25) is 0 Å². The predicted octanol–water partition coefficient (Wildman–Crippen LogP) is 0.985. The molecule has 5 N–H and O–H groups in total. The fourth-order valence-electron chi connectivity index (χ4n) is 3.75. The van der Waals surface area contributed by atoms with Gasteiger partial charge in [0.1, 0.15) is 6.04 Å². The molecule has 0 unspecified atom stereocenters. The molecule has 3 aromatic rings. The first-order chi connectivity index (χ1) is 15.7. The lowest BCUT2D eigenvalue weighted by Gasteiger charge is -2.13. The number of nitrogens with one attached hydrogen (secondary N) is 3. The van der Waals surface area contributed by atoms with E-state index in [0.717, 1.165) is 21.4 Å². The number of urea groups is 1. The van der Waals surface area contributed by atoms with Crippen molar-refractivity contribution in [1.29, 1.82) is 0 Å². The number of amides is 4. The zero-order chi connectivity index (χ0) is 23.6. The lowest BCUT2D eigenvalue weighted by atomic mass is 10.1. The van der Waals surface area contributed by atoms with E-state index in [-0.39, 0.29) is 24.4 Å². The van der Waals surface area contributed by atoms with Gasteiger partial charge in [0, 0.05) is 30.2 Å². The number of imide groups is 1. The van der Waals surface area contributed by atoms with E-state index in [4.69, 9.17) is 5.14 Å². The van der Waals surface area contributed by atoms with E-state index in [2.05, 4.69) is 15.6 Å². The molecule has 1 aliphatic rings. The Balaban J connectivity index is 1.29. The molecule has 0 aliphatic carbocycles. The summed E-state index contributed by atoms with van der Waals surface area (Å²) < 4.78 is 22.6. The van der Waals surface area contributed by atoms with E-state index < -0.39 is 33.9 Å². The lowest BCUT2D eigenvalue weighted by Crippen LogP contribution is -2.36. The van der Waals surface area contributed by atoms with Gasteiger partial charge in [-0.2, -0.15) is 0 Å². The van der Waals surface area contributed by atoms with E-state index in [0.29, 0.717) is 12.0 Å². The summed E-state index contributed by atoms with van der Waals surface area (Å²) in [5.74, 6) is -0.852. The second-order valence-electron chi connectivity index (χ2n) is 7.77. The number of primary sulfonamides is 1. The van der Waals surface area contributed by atoms with Crippen LogP contribution in [0.4, 0.5) is 4.79 Å². The Hall–Kier alpha value is -3.70. The van der Waals surface area contributed by atoms with Crippen molar-refractivity contribution in [3.8, 4) is 0 Å². The Bertz CT molecular complexity index is 1320. The topological polar surface area (TPSA) is 154 Å². The molecule has 0 spiro atoms. The van der Waals surface area contributed by atoms with E-state index in [1.165, 1.54) is 24.3 Å². The third-order valence-electron chi connectivity index (χ3n) is 5.52. The molecule has 1 aromatic heterocycles. The molecule has 1 aliphatic heterocycles. The highest BCUT2D eigenvalue weighted by Crippen LogP contribution is 2.19. The van der Waals surface area contributed by atoms with Gasteiger partial charge in [-0.05, 0) is 35.7 Å². The number of rotatable bonds is 8. The zero-order valence-corrected chi connectivity index (χ0v) is 18.4. The van der Waals surface area contributed by atoms with Crippen LogP contribution in [0, 0.1) is 0 Å². The highest BCUT2D eigenvalue weighted by molar-refractivity contribution is 7.89. The van der Waals surface area contributed by atoms with Crippen LogP contribution in [-0.4, -0.2) is 48.7 Å².